The van der Waals surface area contributed by atoms with E-state index in [0.29, 0.717) is 23.7 Å². The van der Waals surface area contributed by atoms with Gasteiger partial charge in [0.2, 0.25) is 0 Å². The largest absolute Gasteiger partial charge is 0.333 e. The minimum absolute atomic E-state index is 0.118. The molecule has 116 valence electrons. The summed E-state index contributed by atoms with van der Waals surface area (Å²) >= 11 is 1.60. The van der Waals surface area contributed by atoms with Crippen molar-refractivity contribution < 1.29 is 4.79 Å². The Kier molecular flexibility index (Phi) is 4.31. The van der Waals surface area contributed by atoms with Gasteiger partial charge in [0.05, 0.1) is 5.01 Å². The first-order valence-corrected chi connectivity index (χ1v) is 8.94. The Labute approximate surface area is 131 Å². The second-order valence-electron chi connectivity index (χ2n) is 6.66. The lowest BCUT2D eigenvalue weighted by Gasteiger charge is -2.23. The second kappa shape index (κ2) is 6.05. The van der Waals surface area contributed by atoms with E-state index in [1.165, 1.54) is 25.9 Å². The summed E-state index contributed by atoms with van der Waals surface area (Å²) in [6, 6.07) is 0.877. The molecule has 2 saturated heterocycles. The minimum atomic E-state index is 0.118. The molecule has 2 unspecified atom stereocenters. The topological polar surface area (TPSA) is 36.4 Å². The van der Waals surface area contributed by atoms with Crippen molar-refractivity contribution in [1.29, 1.82) is 0 Å². The van der Waals surface area contributed by atoms with Crippen molar-refractivity contribution in [3.05, 3.63) is 16.1 Å². The lowest BCUT2D eigenvalue weighted by atomic mass is 10.2. The fourth-order valence-electron chi connectivity index (χ4n) is 3.46. The maximum atomic E-state index is 12.7. The van der Waals surface area contributed by atoms with Gasteiger partial charge < -0.3 is 4.90 Å². The summed E-state index contributed by atoms with van der Waals surface area (Å²) in [5.41, 5.74) is 0.637. The number of carbonyl (C=O) groups excluding carboxylic acids is 1. The van der Waals surface area contributed by atoms with Crippen LogP contribution >= 0.6 is 11.3 Å². The van der Waals surface area contributed by atoms with Gasteiger partial charge in [0, 0.05) is 29.9 Å². The number of carbonyl (C=O) groups is 1. The molecule has 2 fully saturated rings. The average molecular weight is 307 g/mol. The highest BCUT2D eigenvalue weighted by atomic mass is 32.1. The molecular formula is C16H25N3OS. The van der Waals surface area contributed by atoms with Crippen molar-refractivity contribution in [2.75, 3.05) is 19.6 Å². The molecule has 5 heteroatoms. The number of rotatable bonds is 3. The number of amides is 1. The molecule has 0 saturated carbocycles. The van der Waals surface area contributed by atoms with E-state index in [2.05, 4.69) is 30.7 Å². The third-order valence-corrected chi connectivity index (χ3v) is 5.85. The van der Waals surface area contributed by atoms with Gasteiger partial charge in [-0.3, -0.25) is 9.69 Å². The van der Waals surface area contributed by atoms with E-state index in [4.69, 9.17) is 0 Å². The summed E-state index contributed by atoms with van der Waals surface area (Å²) in [5.74, 6) is 0.511. The Morgan fingerprint density at radius 3 is 2.71 bits per heavy atom. The molecule has 2 atom stereocenters. The first kappa shape index (κ1) is 15.0. The molecule has 0 aliphatic carbocycles. The number of hydrogen-bond donors (Lipinski definition) is 0. The van der Waals surface area contributed by atoms with Gasteiger partial charge in [0.15, 0.2) is 0 Å². The van der Waals surface area contributed by atoms with Crippen molar-refractivity contribution in [3.63, 3.8) is 0 Å². The van der Waals surface area contributed by atoms with Crippen LogP contribution in [0.3, 0.4) is 0 Å². The third kappa shape index (κ3) is 2.99. The minimum Gasteiger partial charge on any atom is -0.333 e. The molecule has 1 aromatic rings. The van der Waals surface area contributed by atoms with E-state index in [-0.39, 0.29) is 5.91 Å². The summed E-state index contributed by atoms with van der Waals surface area (Å²) in [6.45, 7) is 9.68. The Bertz CT molecular complexity index is 507. The van der Waals surface area contributed by atoms with Gasteiger partial charge in [0.1, 0.15) is 5.69 Å². The zero-order chi connectivity index (χ0) is 15.0. The molecule has 2 aliphatic rings. The fourth-order valence-corrected chi connectivity index (χ4v) is 4.26. The predicted octanol–water partition coefficient (Wildman–Crippen LogP) is 2.97. The van der Waals surface area contributed by atoms with Gasteiger partial charge in [0.25, 0.3) is 5.91 Å². The maximum Gasteiger partial charge on any atom is 0.273 e. The smallest absolute Gasteiger partial charge is 0.273 e. The van der Waals surface area contributed by atoms with Crippen LogP contribution < -0.4 is 0 Å². The third-order valence-electron chi connectivity index (χ3n) is 4.71. The average Bonchev–Trinajstić information content (AvgIpc) is 3.18. The first-order valence-electron chi connectivity index (χ1n) is 8.06. The summed E-state index contributed by atoms with van der Waals surface area (Å²) in [6.07, 6.45) is 3.72. The van der Waals surface area contributed by atoms with Crippen LogP contribution in [0.2, 0.25) is 0 Å². The molecule has 0 N–H and O–H groups in total. The van der Waals surface area contributed by atoms with Crippen LogP contribution in [0.5, 0.6) is 0 Å². The Morgan fingerprint density at radius 2 is 2.10 bits per heavy atom. The zero-order valence-corrected chi connectivity index (χ0v) is 14.0. The molecule has 0 spiro atoms. The van der Waals surface area contributed by atoms with Crippen LogP contribution in [0, 0.1) is 0 Å². The zero-order valence-electron chi connectivity index (χ0n) is 13.2. The van der Waals surface area contributed by atoms with Crippen molar-refractivity contribution in [1.82, 2.24) is 14.8 Å². The van der Waals surface area contributed by atoms with Gasteiger partial charge in [-0.05, 0) is 39.3 Å². The molecular weight excluding hydrogens is 282 g/mol. The van der Waals surface area contributed by atoms with Gasteiger partial charge in [-0.2, -0.15) is 0 Å². The van der Waals surface area contributed by atoms with E-state index in [1.807, 2.05) is 10.3 Å². The first-order chi connectivity index (χ1) is 10.1. The summed E-state index contributed by atoms with van der Waals surface area (Å²) < 4.78 is 0. The molecule has 0 radical (unpaired) electrons. The molecule has 2 aliphatic heterocycles. The molecule has 1 amide bonds. The van der Waals surface area contributed by atoms with Gasteiger partial charge in [-0.25, -0.2) is 4.98 Å². The lowest BCUT2D eigenvalue weighted by molar-refractivity contribution is 0.0732. The quantitative estimate of drug-likeness (QED) is 0.861. The summed E-state index contributed by atoms with van der Waals surface area (Å²) in [7, 11) is 0. The highest BCUT2D eigenvalue weighted by molar-refractivity contribution is 7.09. The number of thiazole rings is 1. The van der Waals surface area contributed by atoms with Crippen molar-refractivity contribution in [3.8, 4) is 0 Å². The highest BCUT2D eigenvalue weighted by Gasteiger charge is 2.37. The van der Waals surface area contributed by atoms with Crippen LogP contribution in [-0.2, 0) is 0 Å². The Balaban J connectivity index is 1.69. The molecule has 0 bridgehead atoms. The normalized spacial score (nSPS) is 27.0. The van der Waals surface area contributed by atoms with Crippen LogP contribution in [0.15, 0.2) is 5.38 Å². The van der Waals surface area contributed by atoms with E-state index in [1.54, 1.807) is 11.3 Å². The van der Waals surface area contributed by atoms with Crippen molar-refractivity contribution >= 4 is 17.2 Å². The number of likely N-dealkylation sites (tertiary alicyclic amines) is 2. The van der Waals surface area contributed by atoms with Crippen LogP contribution in [0.25, 0.3) is 0 Å². The van der Waals surface area contributed by atoms with Crippen LogP contribution in [0.4, 0.5) is 0 Å². The SMILES string of the molecule is CC(C)c1nc(C(=O)N2CC(N3CCCC3)CC2C)cs1. The molecule has 21 heavy (non-hydrogen) atoms. The van der Waals surface area contributed by atoms with Crippen molar-refractivity contribution in [2.45, 2.75) is 58.0 Å². The standard InChI is InChI=1S/C16H25N3OS/c1-11(2)15-17-14(10-21-15)16(20)19-9-13(8-12(19)3)18-6-4-5-7-18/h10-13H,4-9H2,1-3H3. The molecule has 1 aromatic heterocycles. The Hall–Kier alpha value is -0.940. The molecule has 3 rings (SSSR count). The second-order valence-corrected chi connectivity index (χ2v) is 7.55. The summed E-state index contributed by atoms with van der Waals surface area (Å²) in [5, 5.41) is 2.98. The van der Waals surface area contributed by atoms with E-state index in [0.717, 1.165) is 18.0 Å². The summed E-state index contributed by atoms with van der Waals surface area (Å²) in [4.78, 5) is 21.8. The van der Waals surface area contributed by atoms with E-state index < -0.39 is 0 Å². The monoisotopic (exact) mass is 307 g/mol. The van der Waals surface area contributed by atoms with Gasteiger partial charge >= 0.3 is 0 Å². The van der Waals surface area contributed by atoms with Gasteiger partial charge in [-0.1, -0.05) is 13.8 Å². The molecule has 4 nitrogen and oxygen atoms in total. The molecule has 3 heterocycles. The van der Waals surface area contributed by atoms with Gasteiger partial charge in [-0.15, -0.1) is 11.3 Å². The number of aromatic nitrogens is 1. The van der Waals surface area contributed by atoms with E-state index in [9.17, 15) is 4.79 Å². The van der Waals surface area contributed by atoms with E-state index >= 15 is 0 Å². The maximum absolute atomic E-state index is 12.7. The van der Waals surface area contributed by atoms with Crippen LogP contribution in [-0.4, -0.2) is 52.4 Å². The number of nitrogens with zero attached hydrogens (tertiary/aromatic N) is 3. The molecule has 0 aromatic carbocycles. The van der Waals surface area contributed by atoms with Crippen molar-refractivity contribution in [2.24, 2.45) is 0 Å². The van der Waals surface area contributed by atoms with Crippen LogP contribution in [0.1, 0.15) is 61.4 Å². The number of hydrogen-bond acceptors (Lipinski definition) is 4. The predicted molar refractivity (Wildman–Crippen MR) is 85.9 cm³/mol. The lowest BCUT2D eigenvalue weighted by Crippen LogP contribution is -2.38. The Morgan fingerprint density at radius 1 is 1.38 bits per heavy atom. The highest BCUT2D eigenvalue weighted by Crippen LogP contribution is 2.27. The fraction of sp³-hybridized carbons (Fsp3) is 0.750.